The largest absolute Gasteiger partial charge is 0.338 e. The van der Waals surface area contributed by atoms with Crippen LogP contribution in [0.25, 0.3) is 0 Å². The number of hydrazine groups is 1. The molecule has 0 saturated heterocycles. The summed E-state index contributed by atoms with van der Waals surface area (Å²) in [6.45, 7) is 2.15. The van der Waals surface area contributed by atoms with Crippen molar-refractivity contribution in [3.05, 3.63) is 18.2 Å². The van der Waals surface area contributed by atoms with Gasteiger partial charge >= 0.3 is 0 Å². The first-order valence-corrected chi connectivity index (χ1v) is 5.93. The smallest absolute Gasteiger partial charge is 0.110 e. The minimum absolute atomic E-state index is 0.307. The van der Waals surface area contributed by atoms with Crippen LogP contribution in [0.15, 0.2) is 12.4 Å². The number of hydrogen-bond donors (Lipinski definition) is 2. The lowest BCUT2D eigenvalue weighted by Crippen LogP contribution is -2.39. The molecular weight excluding hydrogens is 196 g/mol. The zero-order chi connectivity index (χ0) is 10.4. The molecule has 0 aliphatic carbocycles. The van der Waals surface area contributed by atoms with Gasteiger partial charge in [0.25, 0.3) is 0 Å². The zero-order valence-corrected chi connectivity index (χ0v) is 9.55. The van der Waals surface area contributed by atoms with Crippen molar-refractivity contribution in [3.8, 4) is 0 Å². The van der Waals surface area contributed by atoms with Gasteiger partial charge in [-0.05, 0) is 5.75 Å². The van der Waals surface area contributed by atoms with Crippen LogP contribution in [0.4, 0.5) is 0 Å². The number of thioether (sulfide) groups is 1. The summed E-state index contributed by atoms with van der Waals surface area (Å²) in [7, 11) is 2.00. The minimum atomic E-state index is 0.307. The summed E-state index contributed by atoms with van der Waals surface area (Å²) >= 11 is 1.89. The van der Waals surface area contributed by atoms with E-state index < -0.39 is 0 Å². The summed E-state index contributed by atoms with van der Waals surface area (Å²) in [5.74, 6) is 8.70. The van der Waals surface area contributed by atoms with E-state index in [1.165, 1.54) is 0 Å². The maximum Gasteiger partial charge on any atom is 0.110 e. The first-order chi connectivity index (χ1) is 6.77. The van der Waals surface area contributed by atoms with E-state index in [9.17, 15) is 0 Å². The standard InChI is InChI=1S/C9H18N4S/c1-3-14-7-8(12-10)6-9-11-4-5-13(9)2/h4-5,8,12H,3,6-7,10H2,1-2H3. The Morgan fingerprint density at radius 1 is 1.71 bits per heavy atom. The third-order valence-electron chi connectivity index (χ3n) is 2.11. The molecule has 4 nitrogen and oxygen atoms in total. The normalized spacial score (nSPS) is 13.1. The van der Waals surface area contributed by atoms with E-state index in [-0.39, 0.29) is 0 Å². The summed E-state index contributed by atoms with van der Waals surface area (Å²) in [6, 6.07) is 0.307. The number of nitrogens with zero attached hydrogens (tertiary/aromatic N) is 2. The van der Waals surface area contributed by atoms with Crippen molar-refractivity contribution in [1.29, 1.82) is 0 Å². The van der Waals surface area contributed by atoms with Crippen molar-refractivity contribution in [2.45, 2.75) is 19.4 Å². The first-order valence-electron chi connectivity index (χ1n) is 4.78. The molecule has 0 aliphatic rings. The predicted octanol–water partition coefficient (Wildman–Crippen LogP) is 0.548. The molecule has 1 rings (SSSR count). The van der Waals surface area contributed by atoms with E-state index >= 15 is 0 Å². The van der Waals surface area contributed by atoms with E-state index in [4.69, 9.17) is 5.84 Å². The SMILES string of the molecule is CCSCC(Cc1nccn1C)NN. The van der Waals surface area contributed by atoms with Gasteiger partial charge in [0.2, 0.25) is 0 Å². The summed E-state index contributed by atoms with van der Waals surface area (Å²) in [5.41, 5.74) is 2.83. The number of imidazole rings is 1. The maximum atomic E-state index is 5.48. The van der Waals surface area contributed by atoms with E-state index in [1.54, 1.807) is 0 Å². The summed E-state index contributed by atoms with van der Waals surface area (Å²) in [6.07, 6.45) is 4.65. The van der Waals surface area contributed by atoms with E-state index in [2.05, 4.69) is 17.3 Å². The van der Waals surface area contributed by atoms with Crippen molar-refractivity contribution in [3.63, 3.8) is 0 Å². The number of hydrogen-bond acceptors (Lipinski definition) is 4. The Hall–Kier alpha value is -0.520. The number of aryl methyl sites for hydroxylation is 1. The molecule has 1 aromatic heterocycles. The Morgan fingerprint density at radius 2 is 2.50 bits per heavy atom. The summed E-state index contributed by atoms with van der Waals surface area (Å²) in [5, 5.41) is 0. The van der Waals surface area contributed by atoms with Crippen LogP contribution in [-0.2, 0) is 13.5 Å². The fourth-order valence-electron chi connectivity index (χ4n) is 1.24. The molecule has 0 fully saturated rings. The molecule has 1 aromatic rings. The van der Waals surface area contributed by atoms with E-state index in [0.717, 1.165) is 23.8 Å². The molecule has 5 heteroatoms. The van der Waals surface area contributed by atoms with Gasteiger partial charge in [0.05, 0.1) is 0 Å². The average Bonchev–Trinajstić information content (AvgIpc) is 2.59. The van der Waals surface area contributed by atoms with E-state index in [1.807, 2.05) is 35.8 Å². The highest BCUT2D eigenvalue weighted by molar-refractivity contribution is 7.99. The second-order valence-electron chi connectivity index (χ2n) is 3.18. The van der Waals surface area contributed by atoms with Crippen LogP contribution < -0.4 is 11.3 Å². The summed E-state index contributed by atoms with van der Waals surface area (Å²) in [4.78, 5) is 4.27. The monoisotopic (exact) mass is 214 g/mol. The number of rotatable bonds is 6. The van der Waals surface area contributed by atoms with Gasteiger partial charge in [0.1, 0.15) is 5.82 Å². The molecule has 0 saturated carbocycles. The second-order valence-corrected chi connectivity index (χ2v) is 4.50. The highest BCUT2D eigenvalue weighted by atomic mass is 32.2. The molecule has 14 heavy (non-hydrogen) atoms. The minimum Gasteiger partial charge on any atom is -0.338 e. The molecule has 1 heterocycles. The van der Waals surface area contributed by atoms with Gasteiger partial charge in [-0.1, -0.05) is 6.92 Å². The highest BCUT2D eigenvalue weighted by Gasteiger charge is 2.09. The Morgan fingerprint density at radius 3 is 3.00 bits per heavy atom. The third-order valence-corrected chi connectivity index (χ3v) is 3.16. The lowest BCUT2D eigenvalue weighted by Gasteiger charge is -2.14. The van der Waals surface area contributed by atoms with Crippen LogP contribution in [0, 0.1) is 0 Å². The lowest BCUT2D eigenvalue weighted by molar-refractivity contribution is 0.552. The quantitative estimate of drug-likeness (QED) is 0.536. The molecule has 0 spiro atoms. The van der Waals surface area contributed by atoms with Gasteiger partial charge in [0.15, 0.2) is 0 Å². The van der Waals surface area contributed by atoms with Crippen LogP contribution in [0.2, 0.25) is 0 Å². The first kappa shape index (κ1) is 11.6. The topological polar surface area (TPSA) is 55.9 Å². The molecule has 1 unspecified atom stereocenters. The van der Waals surface area contributed by atoms with Gasteiger partial charge < -0.3 is 4.57 Å². The van der Waals surface area contributed by atoms with Gasteiger partial charge in [0, 0.05) is 37.7 Å². The van der Waals surface area contributed by atoms with Crippen molar-refractivity contribution >= 4 is 11.8 Å². The molecule has 0 radical (unpaired) electrons. The summed E-state index contributed by atoms with van der Waals surface area (Å²) < 4.78 is 2.03. The zero-order valence-electron chi connectivity index (χ0n) is 8.73. The van der Waals surface area contributed by atoms with Crippen molar-refractivity contribution in [2.24, 2.45) is 12.9 Å². The van der Waals surface area contributed by atoms with Crippen molar-refractivity contribution in [2.75, 3.05) is 11.5 Å². The lowest BCUT2D eigenvalue weighted by atomic mass is 10.2. The average molecular weight is 214 g/mol. The van der Waals surface area contributed by atoms with Crippen LogP contribution in [0.1, 0.15) is 12.7 Å². The Labute approximate surface area is 89.2 Å². The number of nitrogens with two attached hydrogens (primary N) is 1. The van der Waals surface area contributed by atoms with Gasteiger partial charge in [-0.15, -0.1) is 0 Å². The van der Waals surface area contributed by atoms with Crippen LogP contribution in [-0.4, -0.2) is 27.1 Å². The van der Waals surface area contributed by atoms with Crippen LogP contribution in [0.3, 0.4) is 0 Å². The Bertz CT molecular complexity index is 261. The Balaban J connectivity index is 2.44. The van der Waals surface area contributed by atoms with Gasteiger partial charge in [-0.3, -0.25) is 11.3 Å². The number of aromatic nitrogens is 2. The molecule has 0 aliphatic heterocycles. The molecule has 0 aromatic carbocycles. The molecule has 1 atom stereocenters. The van der Waals surface area contributed by atoms with E-state index in [0.29, 0.717) is 6.04 Å². The molecule has 80 valence electrons. The molecule has 3 N–H and O–H groups in total. The van der Waals surface area contributed by atoms with Gasteiger partial charge in [-0.25, -0.2) is 4.98 Å². The fraction of sp³-hybridized carbons (Fsp3) is 0.667. The van der Waals surface area contributed by atoms with Crippen molar-refractivity contribution < 1.29 is 0 Å². The van der Waals surface area contributed by atoms with Gasteiger partial charge in [-0.2, -0.15) is 11.8 Å². The molecular formula is C9H18N4S. The Kier molecular flexibility index (Phi) is 5.00. The van der Waals surface area contributed by atoms with Crippen LogP contribution >= 0.6 is 11.8 Å². The second kappa shape index (κ2) is 6.06. The third kappa shape index (κ3) is 3.32. The predicted molar refractivity (Wildman–Crippen MR) is 61.0 cm³/mol. The molecule has 0 amide bonds. The van der Waals surface area contributed by atoms with Crippen LogP contribution in [0.5, 0.6) is 0 Å². The maximum absolute atomic E-state index is 5.48. The highest BCUT2D eigenvalue weighted by Crippen LogP contribution is 2.06. The number of nitrogens with one attached hydrogen (secondary N) is 1. The van der Waals surface area contributed by atoms with Crippen molar-refractivity contribution in [1.82, 2.24) is 15.0 Å². The molecule has 0 bridgehead atoms. The fourth-order valence-corrected chi connectivity index (χ4v) is 1.97.